The number of carbonyl (C=O) groups is 1. The van der Waals surface area contributed by atoms with Crippen LogP contribution in [0.3, 0.4) is 0 Å². The highest BCUT2D eigenvalue weighted by molar-refractivity contribution is 5.79. The van der Waals surface area contributed by atoms with Crippen molar-refractivity contribution in [2.75, 3.05) is 19.6 Å². The van der Waals surface area contributed by atoms with Crippen LogP contribution in [0.15, 0.2) is 48.5 Å². The third-order valence-electron chi connectivity index (χ3n) is 9.12. The molecule has 2 unspecified atom stereocenters. The summed E-state index contributed by atoms with van der Waals surface area (Å²) < 4.78 is 4.65. The average Bonchev–Trinajstić information content (AvgIpc) is 3.76. The molecular formula is C36H52N6O. The third-order valence-corrected chi connectivity index (χ3v) is 9.12. The van der Waals surface area contributed by atoms with Gasteiger partial charge in [0.1, 0.15) is 11.6 Å². The van der Waals surface area contributed by atoms with Gasteiger partial charge in [0.25, 0.3) is 0 Å². The fourth-order valence-corrected chi connectivity index (χ4v) is 7.03. The zero-order chi connectivity index (χ0) is 30.3. The van der Waals surface area contributed by atoms with E-state index in [0.717, 1.165) is 67.2 Å². The van der Waals surface area contributed by atoms with E-state index in [1.165, 1.54) is 43.7 Å². The number of aromatic nitrogens is 4. The van der Waals surface area contributed by atoms with Crippen molar-refractivity contribution >= 4 is 28.0 Å². The summed E-state index contributed by atoms with van der Waals surface area (Å²) in [6.45, 7) is 16.1. The van der Waals surface area contributed by atoms with Crippen molar-refractivity contribution in [3.8, 4) is 0 Å². The van der Waals surface area contributed by atoms with Crippen LogP contribution in [-0.4, -0.2) is 54.4 Å². The predicted molar refractivity (Wildman–Crippen MR) is 177 cm³/mol. The number of carbonyl (C=O) groups excluding carboxylic acids is 1. The molecule has 43 heavy (non-hydrogen) atoms. The highest BCUT2D eigenvalue weighted by Crippen LogP contribution is 2.27. The van der Waals surface area contributed by atoms with Gasteiger partial charge in [-0.2, -0.15) is 0 Å². The first-order chi connectivity index (χ1) is 20.9. The smallest absolute Gasteiger partial charge is 0.224 e. The molecule has 0 N–H and O–H groups in total. The Morgan fingerprint density at radius 1 is 0.791 bits per heavy atom. The summed E-state index contributed by atoms with van der Waals surface area (Å²) in [5.74, 6) is 4.36. The van der Waals surface area contributed by atoms with Crippen LogP contribution in [0.25, 0.3) is 22.1 Å². The second kappa shape index (κ2) is 14.5. The van der Waals surface area contributed by atoms with Crippen molar-refractivity contribution in [3.63, 3.8) is 0 Å². The fraction of sp³-hybridized carbons (Fsp3) is 0.583. The number of likely N-dealkylation sites (tertiary alicyclic amines) is 2. The van der Waals surface area contributed by atoms with Gasteiger partial charge in [0.15, 0.2) is 0 Å². The second-order valence-electron chi connectivity index (χ2n) is 13.0. The first-order valence-corrected chi connectivity index (χ1v) is 16.8. The first kappa shape index (κ1) is 31.2. The molecule has 4 aromatic rings. The standard InChI is InChI=1S/C18H25N3O.C18H27N3/c1-4-7-14-10-17(22)20(11-14)12-21-16-9-6-5-8-15(16)19-18(21)13(2)3;1-3-7-15-11-12-20(13-15)14-21-17-10-6-5-9-16(17)19-18(21)8-4-2/h5-6,8-9,13-14H,4,7,10-12H2,1-3H3;5-6,9-10,15H,3-4,7-8,11-14H2,1-2H3. The topological polar surface area (TPSA) is 59.2 Å². The Labute approximate surface area is 258 Å². The van der Waals surface area contributed by atoms with Gasteiger partial charge >= 0.3 is 0 Å². The summed E-state index contributed by atoms with van der Waals surface area (Å²) in [5.41, 5.74) is 4.58. The van der Waals surface area contributed by atoms with Gasteiger partial charge in [-0.15, -0.1) is 0 Å². The molecule has 0 spiro atoms. The number of amides is 1. The van der Waals surface area contributed by atoms with Crippen molar-refractivity contribution in [3.05, 3.63) is 60.2 Å². The van der Waals surface area contributed by atoms with E-state index in [9.17, 15) is 4.79 Å². The highest BCUT2D eigenvalue weighted by Gasteiger charge is 2.30. The van der Waals surface area contributed by atoms with Gasteiger partial charge in [-0.25, -0.2) is 9.97 Å². The van der Waals surface area contributed by atoms with E-state index in [0.29, 0.717) is 24.9 Å². The van der Waals surface area contributed by atoms with Crippen LogP contribution in [0.2, 0.25) is 0 Å². The number of para-hydroxylation sites is 4. The molecule has 7 nitrogen and oxygen atoms in total. The monoisotopic (exact) mass is 584 g/mol. The molecule has 4 heterocycles. The van der Waals surface area contributed by atoms with Crippen LogP contribution >= 0.6 is 0 Å². The van der Waals surface area contributed by atoms with Crippen LogP contribution < -0.4 is 0 Å². The lowest BCUT2D eigenvalue weighted by molar-refractivity contribution is -0.129. The Morgan fingerprint density at radius 3 is 2.12 bits per heavy atom. The van der Waals surface area contributed by atoms with Crippen LogP contribution in [0.4, 0.5) is 0 Å². The van der Waals surface area contributed by atoms with E-state index in [4.69, 9.17) is 9.97 Å². The summed E-state index contributed by atoms with van der Waals surface area (Å²) in [7, 11) is 0. The number of hydrogen-bond acceptors (Lipinski definition) is 4. The van der Waals surface area contributed by atoms with Crippen molar-refractivity contribution < 1.29 is 4.79 Å². The zero-order valence-electron chi connectivity index (χ0n) is 27.1. The number of fused-ring (bicyclic) bond motifs is 2. The van der Waals surface area contributed by atoms with Crippen LogP contribution in [0.5, 0.6) is 0 Å². The maximum atomic E-state index is 12.3. The SMILES string of the molecule is CCCC1CC(=O)N(Cn2c(C(C)C)nc3ccccc32)C1.CCCc1nc2ccccc2n1CN1CCC(CCC)C1. The van der Waals surface area contributed by atoms with Crippen LogP contribution in [-0.2, 0) is 24.6 Å². The molecule has 2 fully saturated rings. The van der Waals surface area contributed by atoms with Gasteiger partial charge in [-0.3, -0.25) is 9.69 Å². The molecule has 2 atom stereocenters. The molecule has 0 radical (unpaired) electrons. The van der Waals surface area contributed by atoms with Gasteiger partial charge < -0.3 is 14.0 Å². The minimum absolute atomic E-state index is 0.283. The molecule has 0 aliphatic carbocycles. The maximum Gasteiger partial charge on any atom is 0.224 e. The highest BCUT2D eigenvalue weighted by atomic mass is 16.2. The maximum absolute atomic E-state index is 12.3. The van der Waals surface area contributed by atoms with E-state index in [-0.39, 0.29) is 5.91 Å². The predicted octanol–water partition coefficient (Wildman–Crippen LogP) is 7.83. The van der Waals surface area contributed by atoms with E-state index >= 15 is 0 Å². The normalized spacial score (nSPS) is 19.2. The van der Waals surface area contributed by atoms with Crippen molar-refractivity contribution in [1.29, 1.82) is 0 Å². The number of aryl methyl sites for hydroxylation is 1. The van der Waals surface area contributed by atoms with Gasteiger partial charge in [0.05, 0.1) is 35.4 Å². The zero-order valence-corrected chi connectivity index (χ0v) is 27.1. The molecule has 2 saturated heterocycles. The number of imidazole rings is 2. The lowest BCUT2D eigenvalue weighted by atomic mass is 10.0. The summed E-state index contributed by atoms with van der Waals surface area (Å²) >= 11 is 0. The second-order valence-corrected chi connectivity index (χ2v) is 13.0. The lowest BCUT2D eigenvalue weighted by Gasteiger charge is -2.20. The molecule has 0 saturated carbocycles. The fourth-order valence-electron chi connectivity index (χ4n) is 7.03. The Morgan fingerprint density at radius 2 is 1.44 bits per heavy atom. The molecule has 0 bridgehead atoms. The van der Waals surface area contributed by atoms with Crippen molar-refractivity contribution in [2.45, 2.75) is 105 Å². The van der Waals surface area contributed by atoms with Gasteiger partial charge in [0.2, 0.25) is 5.91 Å². The quantitative estimate of drug-likeness (QED) is 0.180. The van der Waals surface area contributed by atoms with E-state index in [1.807, 2.05) is 23.1 Å². The average molecular weight is 585 g/mol. The lowest BCUT2D eigenvalue weighted by Crippen LogP contribution is -2.29. The molecular weight excluding hydrogens is 532 g/mol. The Balaban J connectivity index is 0.000000171. The van der Waals surface area contributed by atoms with Gasteiger partial charge in [0, 0.05) is 38.4 Å². The molecule has 2 aliphatic rings. The van der Waals surface area contributed by atoms with E-state index in [2.05, 4.69) is 79.0 Å². The summed E-state index contributed by atoms with van der Waals surface area (Å²) in [5, 5.41) is 0. The molecule has 2 aliphatic heterocycles. The van der Waals surface area contributed by atoms with E-state index < -0.39 is 0 Å². The minimum atomic E-state index is 0.283. The van der Waals surface area contributed by atoms with Crippen molar-refractivity contribution in [2.24, 2.45) is 11.8 Å². The van der Waals surface area contributed by atoms with Gasteiger partial charge in [-0.05, 0) is 61.8 Å². The molecule has 2 aromatic carbocycles. The third kappa shape index (κ3) is 7.31. The Hall–Kier alpha value is -3.19. The summed E-state index contributed by atoms with van der Waals surface area (Å²) in [4.78, 5) is 26.5. The van der Waals surface area contributed by atoms with Crippen molar-refractivity contribution in [1.82, 2.24) is 28.9 Å². The number of rotatable bonds is 11. The Bertz CT molecular complexity index is 1490. The summed E-state index contributed by atoms with van der Waals surface area (Å²) in [6, 6.07) is 16.7. The molecule has 2 aromatic heterocycles. The molecule has 6 rings (SSSR count). The molecule has 7 heteroatoms. The minimum Gasteiger partial charge on any atom is -0.324 e. The number of hydrogen-bond donors (Lipinski definition) is 0. The van der Waals surface area contributed by atoms with Crippen LogP contribution in [0.1, 0.15) is 97.1 Å². The molecule has 1 amide bonds. The largest absolute Gasteiger partial charge is 0.324 e. The summed E-state index contributed by atoms with van der Waals surface area (Å²) in [6.07, 6.45) is 9.28. The number of nitrogens with zero attached hydrogens (tertiary/aromatic N) is 6. The van der Waals surface area contributed by atoms with Crippen LogP contribution in [0, 0.1) is 11.8 Å². The molecule has 232 valence electrons. The first-order valence-electron chi connectivity index (χ1n) is 16.8. The number of benzene rings is 2. The van der Waals surface area contributed by atoms with E-state index in [1.54, 1.807) is 0 Å². The Kier molecular flexibility index (Phi) is 10.6. The van der Waals surface area contributed by atoms with Gasteiger partial charge in [-0.1, -0.05) is 71.7 Å².